The zero-order chi connectivity index (χ0) is 12.8. The summed E-state index contributed by atoms with van der Waals surface area (Å²) in [4.78, 5) is 4.49. The lowest BCUT2D eigenvalue weighted by atomic mass is 9.79. The van der Waals surface area contributed by atoms with Crippen LogP contribution in [0.1, 0.15) is 52.9 Å². The Kier molecular flexibility index (Phi) is 2.57. The van der Waals surface area contributed by atoms with E-state index in [1.165, 1.54) is 5.56 Å². The second-order valence-electron chi connectivity index (χ2n) is 6.66. The first-order valence-corrected chi connectivity index (χ1v) is 6.10. The molecule has 2 aromatic rings. The number of pyridine rings is 1. The molecule has 2 heteroatoms. The minimum Gasteiger partial charge on any atom is -0.458 e. The molecule has 0 unspecified atom stereocenters. The molecule has 2 rings (SSSR count). The van der Waals surface area contributed by atoms with E-state index >= 15 is 0 Å². The van der Waals surface area contributed by atoms with Crippen molar-refractivity contribution in [3.8, 4) is 0 Å². The summed E-state index contributed by atoms with van der Waals surface area (Å²) in [5.41, 5.74) is 3.18. The number of hydrogen-bond acceptors (Lipinski definition) is 2. The summed E-state index contributed by atoms with van der Waals surface area (Å²) in [6, 6.07) is 3.91. The van der Waals surface area contributed by atoms with Gasteiger partial charge < -0.3 is 4.42 Å². The fourth-order valence-corrected chi connectivity index (χ4v) is 2.15. The molecule has 2 aromatic heterocycles. The van der Waals surface area contributed by atoms with Gasteiger partial charge in [0.15, 0.2) is 5.58 Å². The molecule has 92 valence electrons. The van der Waals surface area contributed by atoms with Crippen molar-refractivity contribution in [3.63, 3.8) is 0 Å². The van der Waals surface area contributed by atoms with Gasteiger partial charge in [-0.15, -0.1) is 0 Å². The van der Waals surface area contributed by atoms with Crippen LogP contribution in [0.4, 0.5) is 0 Å². The summed E-state index contributed by atoms with van der Waals surface area (Å²) in [6.07, 6.45) is 1.83. The molecule has 0 bridgehead atoms. The van der Waals surface area contributed by atoms with Crippen molar-refractivity contribution in [1.29, 1.82) is 0 Å². The number of fused-ring (bicyclic) bond motifs is 1. The number of aromatic nitrogens is 1. The Morgan fingerprint density at radius 2 is 1.65 bits per heavy atom. The number of rotatable bonds is 0. The third-order valence-corrected chi connectivity index (χ3v) is 2.88. The molecule has 0 fully saturated rings. The van der Waals surface area contributed by atoms with E-state index in [0.29, 0.717) is 0 Å². The monoisotopic (exact) mass is 231 g/mol. The lowest BCUT2D eigenvalue weighted by Gasteiger charge is -2.24. The molecule has 0 N–H and O–H groups in total. The molecule has 0 aliphatic heterocycles. The Morgan fingerprint density at radius 1 is 1.00 bits per heavy atom. The second-order valence-corrected chi connectivity index (χ2v) is 6.66. The minimum atomic E-state index is 0.00329. The molecule has 2 heterocycles. The van der Waals surface area contributed by atoms with Gasteiger partial charge in [0.25, 0.3) is 0 Å². The Balaban J connectivity index is 2.84. The summed E-state index contributed by atoms with van der Waals surface area (Å²) in [7, 11) is 0. The minimum absolute atomic E-state index is 0.00329. The van der Waals surface area contributed by atoms with Crippen LogP contribution in [0.25, 0.3) is 11.1 Å². The largest absolute Gasteiger partial charge is 0.458 e. The van der Waals surface area contributed by atoms with Crippen LogP contribution in [-0.4, -0.2) is 4.98 Å². The predicted molar refractivity (Wildman–Crippen MR) is 71.4 cm³/mol. The highest BCUT2D eigenvalue weighted by atomic mass is 16.3. The topological polar surface area (TPSA) is 26.0 Å². The molecular formula is C15H21NO. The Labute approximate surface area is 103 Å². The van der Waals surface area contributed by atoms with Gasteiger partial charge in [-0.05, 0) is 17.5 Å². The molecule has 0 atom stereocenters. The van der Waals surface area contributed by atoms with Crippen molar-refractivity contribution >= 4 is 11.1 Å². The van der Waals surface area contributed by atoms with Gasteiger partial charge in [0.1, 0.15) is 11.3 Å². The maximum atomic E-state index is 6.03. The van der Waals surface area contributed by atoms with Gasteiger partial charge in [-0.3, -0.25) is 4.98 Å². The molecular weight excluding hydrogens is 210 g/mol. The van der Waals surface area contributed by atoms with Crippen LogP contribution in [0.3, 0.4) is 0 Å². The number of furan rings is 1. The highest BCUT2D eigenvalue weighted by Gasteiger charge is 2.32. The van der Waals surface area contributed by atoms with Gasteiger partial charge in [-0.25, -0.2) is 0 Å². The lowest BCUT2D eigenvalue weighted by molar-refractivity contribution is 0.409. The van der Waals surface area contributed by atoms with Crippen molar-refractivity contribution in [1.82, 2.24) is 4.98 Å². The first-order valence-electron chi connectivity index (χ1n) is 6.10. The lowest BCUT2D eigenvalue weighted by Crippen LogP contribution is -2.20. The Bertz CT molecular complexity index is 538. The average Bonchev–Trinajstić information content (AvgIpc) is 2.54. The summed E-state index contributed by atoms with van der Waals surface area (Å²) < 4.78 is 6.03. The SMILES string of the molecule is CC(C)(C)c1oc2cccnc2c1C(C)(C)C. The smallest absolute Gasteiger partial charge is 0.153 e. The fraction of sp³-hybridized carbons (Fsp3) is 0.533. The van der Waals surface area contributed by atoms with E-state index in [1.54, 1.807) is 0 Å². The van der Waals surface area contributed by atoms with Crippen molar-refractivity contribution in [2.45, 2.75) is 52.4 Å². The molecule has 0 radical (unpaired) electrons. The van der Waals surface area contributed by atoms with E-state index in [9.17, 15) is 0 Å². The average molecular weight is 231 g/mol. The molecule has 0 saturated heterocycles. The fourth-order valence-electron chi connectivity index (χ4n) is 2.15. The van der Waals surface area contributed by atoms with Crippen molar-refractivity contribution in [3.05, 3.63) is 29.7 Å². The van der Waals surface area contributed by atoms with Gasteiger partial charge >= 0.3 is 0 Å². The van der Waals surface area contributed by atoms with E-state index in [-0.39, 0.29) is 10.8 Å². The summed E-state index contributed by atoms with van der Waals surface area (Å²) >= 11 is 0. The van der Waals surface area contributed by atoms with Gasteiger partial charge in [0.2, 0.25) is 0 Å². The molecule has 17 heavy (non-hydrogen) atoms. The first-order chi connectivity index (χ1) is 7.71. The van der Waals surface area contributed by atoms with Crippen molar-refractivity contribution in [2.24, 2.45) is 0 Å². The quantitative estimate of drug-likeness (QED) is 0.670. The Morgan fingerprint density at radius 3 is 2.18 bits per heavy atom. The van der Waals surface area contributed by atoms with E-state index < -0.39 is 0 Å². The van der Waals surface area contributed by atoms with Gasteiger partial charge in [-0.2, -0.15) is 0 Å². The normalized spacial score (nSPS) is 13.3. The van der Waals surface area contributed by atoms with E-state index in [2.05, 4.69) is 46.5 Å². The maximum Gasteiger partial charge on any atom is 0.153 e. The molecule has 0 aliphatic rings. The molecule has 0 spiro atoms. The zero-order valence-corrected chi connectivity index (χ0v) is 11.6. The van der Waals surface area contributed by atoms with Crippen LogP contribution in [0.2, 0.25) is 0 Å². The maximum absolute atomic E-state index is 6.03. The number of nitrogens with zero attached hydrogens (tertiary/aromatic N) is 1. The van der Waals surface area contributed by atoms with Crippen LogP contribution in [0.5, 0.6) is 0 Å². The first kappa shape index (κ1) is 12.2. The highest BCUT2D eigenvalue weighted by molar-refractivity contribution is 5.79. The van der Waals surface area contributed by atoms with Crippen LogP contribution in [-0.2, 0) is 10.8 Å². The van der Waals surface area contributed by atoms with Gasteiger partial charge in [0.05, 0.1) is 0 Å². The summed E-state index contributed by atoms with van der Waals surface area (Å²) in [5.74, 6) is 1.05. The van der Waals surface area contributed by atoms with Crippen LogP contribution in [0, 0.1) is 0 Å². The molecule has 0 aliphatic carbocycles. The number of hydrogen-bond donors (Lipinski definition) is 0. The van der Waals surface area contributed by atoms with Gasteiger partial charge in [0, 0.05) is 17.2 Å². The van der Waals surface area contributed by atoms with Crippen molar-refractivity contribution < 1.29 is 4.42 Å². The molecule has 0 amide bonds. The second kappa shape index (κ2) is 3.59. The third kappa shape index (κ3) is 2.08. The molecule has 2 nitrogen and oxygen atoms in total. The van der Waals surface area contributed by atoms with E-state index in [0.717, 1.165) is 16.9 Å². The molecule has 0 saturated carbocycles. The van der Waals surface area contributed by atoms with E-state index in [4.69, 9.17) is 4.42 Å². The highest BCUT2D eigenvalue weighted by Crippen LogP contribution is 2.39. The van der Waals surface area contributed by atoms with Crippen molar-refractivity contribution in [2.75, 3.05) is 0 Å². The zero-order valence-electron chi connectivity index (χ0n) is 11.6. The standard InChI is InChI=1S/C15H21NO/c1-14(2,3)11-12-10(8-7-9-16-12)17-13(11)15(4,5)6/h7-9H,1-6H3. The Hall–Kier alpha value is -1.31. The molecule has 0 aromatic carbocycles. The van der Waals surface area contributed by atoms with Crippen LogP contribution >= 0.6 is 0 Å². The van der Waals surface area contributed by atoms with Crippen LogP contribution < -0.4 is 0 Å². The summed E-state index contributed by atoms with van der Waals surface area (Å²) in [6.45, 7) is 13.2. The van der Waals surface area contributed by atoms with E-state index in [1.807, 2.05) is 18.3 Å². The van der Waals surface area contributed by atoms with Crippen LogP contribution in [0.15, 0.2) is 22.7 Å². The summed E-state index contributed by atoms with van der Waals surface area (Å²) in [5, 5.41) is 0. The van der Waals surface area contributed by atoms with Gasteiger partial charge in [-0.1, -0.05) is 41.5 Å². The predicted octanol–water partition coefficient (Wildman–Crippen LogP) is 4.42. The third-order valence-electron chi connectivity index (χ3n) is 2.88.